The Morgan fingerprint density at radius 2 is 1.52 bits per heavy atom. The predicted octanol–water partition coefficient (Wildman–Crippen LogP) is 4.40. The molecule has 0 spiro atoms. The molecule has 5 nitrogen and oxygen atoms in total. The van der Waals surface area contributed by atoms with E-state index in [1.165, 1.54) is 0 Å². The monoisotopic (exact) mass is 431 g/mol. The van der Waals surface area contributed by atoms with Gasteiger partial charge in [0.25, 0.3) is 5.91 Å². The summed E-state index contributed by atoms with van der Waals surface area (Å²) < 4.78 is 0. The summed E-state index contributed by atoms with van der Waals surface area (Å²) >= 11 is 5.25. The number of nitrogens with zero attached hydrogens (tertiary/aromatic N) is 1. The minimum Gasteiger partial charge on any atom is -0.337 e. The molecule has 2 N–H and O–H groups in total. The van der Waals surface area contributed by atoms with Crippen LogP contribution in [0.2, 0.25) is 0 Å². The number of anilines is 1. The molecular formula is C25H25N3O2S. The van der Waals surface area contributed by atoms with E-state index in [2.05, 4.69) is 10.6 Å². The van der Waals surface area contributed by atoms with Crippen molar-refractivity contribution < 1.29 is 9.59 Å². The number of nitrogens with one attached hydrogen (secondary N) is 2. The van der Waals surface area contributed by atoms with Gasteiger partial charge in [-0.05, 0) is 48.0 Å². The lowest BCUT2D eigenvalue weighted by molar-refractivity contribution is -0.119. The Morgan fingerprint density at radius 3 is 2.19 bits per heavy atom. The molecule has 0 radical (unpaired) electrons. The molecule has 6 heteroatoms. The molecular weight excluding hydrogens is 406 g/mol. The molecule has 3 rings (SSSR count). The maximum atomic E-state index is 12.8. The Labute approximate surface area is 188 Å². The molecule has 0 atom stereocenters. The van der Waals surface area contributed by atoms with E-state index in [0.29, 0.717) is 30.6 Å². The summed E-state index contributed by atoms with van der Waals surface area (Å²) in [6, 6.07) is 26.7. The Bertz CT molecular complexity index is 1040. The van der Waals surface area contributed by atoms with E-state index in [-0.39, 0.29) is 16.9 Å². The molecule has 31 heavy (non-hydrogen) atoms. The number of hydrogen-bond acceptors (Lipinski definition) is 3. The second-order valence-electron chi connectivity index (χ2n) is 7.22. The van der Waals surface area contributed by atoms with E-state index in [9.17, 15) is 9.59 Å². The van der Waals surface area contributed by atoms with Crippen molar-refractivity contribution in [1.29, 1.82) is 0 Å². The van der Waals surface area contributed by atoms with Crippen LogP contribution in [-0.2, 0) is 17.8 Å². The van der Waals surface area contributed by atoms with Gasteiger partial charge in [0.1, 0.15) is 0 Å². The van der Waals surface area contributed by atoms with Crippen LogP contribution in [0.4, 0.5) is 5.69 Å². The number of carbonyl (C=O) groups excluding carboxylic acids is 2. The van der Waals surface area contributed by atoms with Gasteiger partial charge in [0.15, 0.2) is 5.11 Å². The summed E-state index contributed by atoms with van der Waals surface area (Å²) in [6.07, 6.45) is 0.988. The lowest BCUT2D eigenvalue weighted by Gasteiger charge is -2.18. The van der Waals surface area contributed by atoms with Gasteiger partial charge in [-0.15, -0.1) is 0 Å². The fourth-order valence-corrected chi connectivity index (χ4v) is 3.37. The summed E-state index contributed by atoms with van der Waals surface area (Å²) in [5.74, 6) is -0.249. The van der Waals surface area contributed by atoms with E-state index >= 15 is 0 Å². The number of amides is 2. The van der Waals surface area contributed by atoms with Crippen molar-refractivity contribution in [1.82, 2.24) is 10.2 Å². The highest BCUT2D eigenvalue weighted by atomic mass is 32.1. The van der Waals surface area contributed by atoms with Crippen molar-refractivity contribution in [3.63, 3.8) is 0 Å². The SMILES string of the molecule is CN(Cc1ccccc1)C(=O)c1cccc(NC(=S)NC(=O)CCc2ccccc2)c1. The fourth-order valence-electron chi connectivity index (χ4n) is 3.13. The minimum absolute atomic E-state index is 0.0923. The Kier molecular flexibility index (Phi) is 7.90. The Balaban J connectivity index is 1.52. The van der Waals surface area contributed by atoms with Gasteiger partial charge in [0, 0.05) is 31.3 Å². The van der Waals surface area contributed by atoms with Crippen LogP contribution in [0.3, 0.4) is 0 Å². The van der Waals surface area contributed by atoms with Gasteiger partial charge in [-0.25, -0.2) is 0 Å². The van der Waals surface area contributed by atoms with Crippen LogP contribution in [0.5, 0.6) is 0 Å². The number of aryl methyl sites for hydroxylation is 1. The predicted molar refractivity (Wildman–Crippen MR) is 128 cm³/mol. The quantitative estimate of drug-likeness (QED) is 0.544. The minimum atomic E-state index is -0.156. The lowest BCUT2D eigenvalue weighted by Crippen LogP contribution is -2.34. The number of hydrogen-bond donors (Lipinski definition) is 2. The van der Waals surface area contributed by atoms with Crippen LogP contribution < -0.4 is 10.6 Å². The fraction of sp³-hybridized carbons (Fsp3) is 0.160. The van der Waals surface area contributed by atoms with Gasteiger partial charge in [-0.2, -0.15) is 0 Å². The molecule has 0 saturated carbocycles. The van der Waals surface area contributed by atoms with Crippen LogP contribution in [0.1, 0.15) is 27.9 Å². The molecule has 3 aromatic carbocycles. The van der Waals surface area contributed by atoms with Gasteiger partial charge >= 0.3 is 0 Å². The average molecular weight is 432 g/mol. The van der Waals surface area contributed by atoms with Crippen molar-refractivity contribution >= 4 is 34.8 Å². The number of carbonyl (C=O) groups is 2. The lowest BCUT2D eigenvalue weighted by atomic mass is 10.1. The average Bonchev–Trinajstić information content (AvgIpc) is 2.78. The van der Waals surface area contributed by atoms with Crippen molar-refractivity contribution in [2.24, 2.45) is 0 Å². The smallest absolute Gasteiger partial charge is 0.253 e. The van der Waals surface area contributed by atoms with Crippen LogP contribution in [0.25, 0.3) is 0 Å². The molecule has 0 aliphatic heterocycles. The first-order chi connectivity index (χ1) is 15.0. The Hall–Kier alpha value is -3.51. The maximum absolute atomic E-state index is 12.8. The first kappa shape index (κ1) is 22.2. The zero-order valence-corrected chi connectivity index (χ0v) is 18.2. The van der Waals surface area contributed by atoms with Crippen molar-refractivity contribution in [2.45, 2.75) is 19.4 Å². The molecule has 2 amide bonds. The topological polar surface area (TPSA) is 61.4 Å². The van der Waals surface area contributed by atoms with Crippen molar-refractivity contribution in [3.05, 3.63) is 102 Å². The van der Waals surface area contributed by atoms with Gasteiger partial charge in [0.05, 0.1) is 0 Å². The van der Waals surface area contributed by atoms with E-state index < -0.39 is 0 Å². The molecule has 0 saturated heterocycles. The van der Waals surface area contributed by atoms with E-state index in [1.54, 1.807) is 36.2 Å². The molecule has 158 valence electrons. The highest BCUT2D eigenvalue weighted by molar-refractivity contribution is 7.80. The first-order valence-corrected chi connectivity index (χ1v) is 10.5. The molecule has 0 aliphatic carbocycles. The standard InChI is InChI=1S/C25H25N3O2S/c1-28(18-20-11-6-3-7-12-20)24(30)21-13-8-14-22(17-21)26-25(31)27-23(29)16-15-19-9-4-2-5-10-19/h2-14,17H,15-16,18H2,1H3,(H2,26,27,29,31). The molecule has 3 aromatic rings. The summed E-state index contributed by atoms with van der Waals surface area (Å²) in [5, 5.41) is 5.88. The van der Waals surface area contributed by atoms with Crippen LogP contribution in [-0.4, -0.2) is 28.9 Å². The Morgan fingerprint density at radius 1 is 0.871 bits per heavy atom. The number of benzene rings is 3. The number of thiocarbonyl (C=S) groups is 1. The highest BCUT2D eigenvalue weighted by Gasteiger charge is 2.13. The normalized spacial score (nSPS) is 10.2. The van der Waals surface area contributed by atoms with Gasteiger partial charge in [-0.3, -0.25) is 9.59 Å². The highest BCUT2D eigenvalue weighted by Crippen LogP contribution is 2.14. The largest absolute Gasteiger partial charge is 0.337 e. The van der Waals surface area contributed by atoms with Gasteiger partial charge < -0.3 is 15.5 Å². The maximum Gasteiger partial charge on any atom is 0.253 e. The van der Waals surface area contributed by atoms with Gasteiger partial charge in [0.2, 0.25) is 5.91 Å². The zero-order valence-electron chi connectivity index (χ0n) is 17.4. The molecule has 0 aliphatic rings. The van der Waals surface area contributed by atoms with Crippen LogP contribution in [0.15, 0.2) is 84.9 Å². The summed E-state index contributed by atoms with van der Waals surface area (Å²) in [4.78, 5) is 26.6. The molecule has 0 bridgehead atoms. The second kappa shape index (κ2) is 11.0. The van der Waals surface area contributed by atoms with Gasteiger partial charge in [-0.1, -0.05) is 66.7 Å². The van der Waals surface area contributed by atoms with E-state index in [4.69, 9.17) is 12.2 Å². The molecule has 0 fully saturated rings. The third-order valence-corrected chi connectivity index (χ3v) is 4.92. The third kappa shape index (κ3) is 7.04. The molecule has 0 heterocycles. The third-order valence-electron chi connectivity index (χ3n) is 4.71. The van der Waals surface area contributed by atoms with Crippen LogP contribution >= 0.6 is 12.2 Å². The zero-order chi connectivity index (χ0) is 22.1. The summed E-state index contributed by atoms with van der Waals surface area (Å²) in [7, 11) is 1.77. The van der Waals surface area contributed by atoms with Crippen molar-refractivity contribution in [3.8, 4) is 0 Å². The molecule has 0 unspecified atom stereocenters. The summed E-state index contributed by atoms with van der Waals surface area (Å²) in [6.45, 7) is 0.521. The first-order valence-electron chi connectivity index (χ1n) is 10.1. The van der Waals surface area contributed by atoms with Crippen LogP contribution in [0, 0.1) is 0 Å². The van der Waals surface area contributed by atoms with E-state index in [0.717, 1.165) is 11.1 Å². The second-order valence-corrected chi connectivity index (χ2v) is 7.62. The molecule has 0 aromatic heterocycles. The van der Waals surface area contributed by atoms with Crippen molar-refractivity contribution in [2.75, 3.05) is 12.4 Å². The number of rotatable bonds is 7. The van der Waals surface area contributed by atoms with E-state index in [1.807, 2.05) is 60.7 Å². The summed E-state index contributed by atoms with van der Waals surface area (Å²) in [5.41, 5.74) is 3.35.